The number of rotatable bonds is 3. The van der Waals surface area contributed by atoms with Crippen LogP contribution in [0, 0.1) is 6.92 Å². The third-order valence-electron chi connectivity index (χ3n) is 4.24. The van der Waals surface area contributed by atoms with E-state index in [0.29, 0.717) is 24.6 Å². The lowest BCUT2D eigenvalue weighted by Gasteiger charge is -2.31. The zero-order valence-electron chi connectivity index (χ0n) is 13.3. The Kier molecular flexibility index (Phi) is 4.23. The van der Waals surface area contributed by atoms with Crippen LogP contribution in [0.2, 0.25) is 0 Å². The summed E-state index contributed by atoms with van der Waals surface area (Å²) in [4.78, 5) is 25.8. The Labute approximate surface area is 134 Å². The van der Waals surface area contributed by atoms with Crippen LogP contribution >= 0.6 is 0 Å². The van der Waals surface area contributed by atoms with E-state index in [1.807, 2.05) is 13.0 Å². The summed E-state index contributed by atoms with van der Waals surface area (Å²) in [6.45, 7) is 3.11. The highest BCUT2D eigenvalue weighted by Gasteiger charge is 2.26. The molecule has 1 fully saturated rings. The zero-order valence-corrected chi connectivity index (χ0v) is 13.3. The summed E-state index contributed by atoms with van der Waals surface area (Å²) in [7, 11) is 1.74. The van der Waals surface area contributed by atoms with Gasteiger partial charge in [-0.3, -0.25) is 9.59 Å². The second-order valence-electron chi connectivity index (χ2n) is 5.82. The van der Waals surface area contributed by atoms with Crippen molar-refractivity contribution in [3.05, 3.63) is 52.3 Å². The monoisotopic (exact) mass is 316 g/mol. The van der Waals surface area contributed by atoms with Crippen LogP contribution in [-0.4, -0.2) is 34.6 Å². The highest BCUT2D eigenvalue weighted by Crippen LogP contribution is 2.20. The molecule has 2 aromatic heterocycles. The molecule has 122 valence electrons. The van der Waals surface area contributed by atoms with Crippen molar-refractivity contribution in [1.29, 1.82) is 0 Å². The Morgan fingerprint density at radius 3 is 2.65 bits per heavy atom. The molecule has 1 aliphatic rings. The molecule has 1 saturated heterocycles. The van der Waals surface area contributed by atoms with Gasteiger partial charge in [0.05, 0.1) is 6.26 Å². The summed E-state index contributed by atoms with van der Waals surface area (Å²) >= 11 is 0. The molecule has 0 unspecified atom stereocenters. The molecule has 1 amide bonds. The SMILES string of the molecule is Cc1cc(OC2CCN(C(=O)c3ccco3)CC2)cc(=O)n1C. The van der Waals surface area contributed by atoms with Crippen molar-refractivity contribution < 1.29 is 13.9 Å². The summed E-state index contributed by atoms with van der Waals surface area (Å²) in [6.07, 6.45) is 2.99. The lowest BCUT2D eigenvalue weighted by molar-refractivity contribution is 0.0566. The minimum atomic E-state index is -0.0853. The maximum Gasteiger partial charge on any atom is 0.289 e. The number of likely N-dealkylation sites (tertiary alicyclic amines) is 1. The minimum Gasteiger partial charge on any atom is -0.490 e. The largest absolute Gasteiger partial charge is 0.490 e. The number of aryl methyl sites for hydroxylation is 1. The van der Waals surface area contributed by atoms with E-state index in [0.717, 1.165) is 18.5 Å². The molecule has 0 saturated carbocycles. The van der Waals surface area contributed by atoms with Gasteiger partial charge in [0.1, 0.15) is 11.9 Å². The number of hydrogen-bond acceptors (Lipinski definition) is 4. The maximum atomic E-state index is 12.2. The summed E-state index contributed by atoms with van der Waals surface area (Å²) in [5.41, 5.74) is 0.781. The standard InChI is InChI=1S/C17H20N2O4/c1-12-10-14(11-16(20)18(12)2)23-13-5-7-19(8-6-13)17(21)15-4-3-9-22-15/h3-4,9-11,13H,5-8H2,1-2H3. The van der Waals surface area contributed by atoms with Gasteiger partial charge in [-0.25, -0.2) is 0 Å². The normalized spacial score (nSPS) is 15.7. The molecule has 1 aliphatic heterocycles. The lowest BCUT2D eigenvalue weighted by Crippen LogP contribution is -2.41. The minimum absolute atomic E-state index is 0.0159. The molecule has 3 rings (SSSR count). The predicted octanol–water partition coefficient (Wildman–Crippen LogP) is 1.97. The van der Waals surface area contributed by atoms with Crippen molar-refractivity contribution in [2.24, 2.45) is 7.05 Å². The number of ether oxygens (including phenoxy) is 1. The van der Waals surface area contributed by atoms with Crippen molar-refractivity contribution in [3.63, 3.8) is 0 Å². The average molecular weight is 316 g/mol. The molecule has 0 aliphatic carbocycles. The van der Waals surface area contributed by atoms with E-state index in [1.165, 1.54) is 12.3 Å². The number of hydrogen-bond donors (Lipinski definition) is 0. The fraction of sp³-hybridized carbons (Fsp3) is 0.412. The number of carbonyl (C=O) groups is 1. The number of aromatic nitrogens is 1. The van der Waals surface area contributed by atoms with Crippen molar-refractivity contribution in [2.45, 2.75) is 25.9 Å². The van der Waals surface area contributed by atoms with E-state index in [2.05, 4.69) is 0 Å². The van der Waals surface area contributed by atoms with Crippen LogP contribution in [0.4, 0.5) is 0 Å². The van der Waals surface area contributed by atoms with Crippen LogP contribution < -0.4 is 10.3 Å². The molecule has 0 N–H and O–H groups in total. The highest BCUT2D eigenvalue weighted by molar-refractivity contribution is 5.91. The second kappa shape index (κ2) is 6.32. The van der Waals surface area contributed by atoms with Crippen LogP contribution in [0.3, 0.4) is 0 Å². The molecular formula is C17H20N2O4. The smallest absolute Gasteiger partial charge is 0.289 e. The van der Waals surface area contributed by atoms with Gasteiger partial charge in [-0.15, -0.1) is 0 Å². The molecule has 0 bridgehead atoms. The van der Waals surface area contributed by atoms with E-state index in [-0.39, 0.29) is 17.6 Å². The van der Waals surface area contributed by atoms with Gasteiger partial charge < -0.3 is 18.6 Å². The molecule has 0 atom stereocenters. The molecule has 23 heavy (non-hydrogen) atoms. The van der Waals surface area contributed by atoms with E-state index >= 15 is 0 Å². The van der Waals surface area contributed by atoms with E-state index in [9.17, 15) is 9.59 Å². The topological polar surface area (TPSA) is 64.7 Å². The average Bonchev–Trinajstić information content (AvgIpc) is 3.07. The molecule has 6 nitrogen and oxygen atoms in total. The molecule has 6 heteroatoms. The number of pyridine rings is 1. The fourth-order valence-corrected chi connectivity index (χ4v) is 2.73. The van der Waals surface area contributed by atoms with Gasteiger partial charge >= 0.3 is 0 Å². The van der Waals surface area contributed by atoms with Crippen LogP contribution in [0.1, 0.15) is 29.1 Å². The number of carbonyl (C=O) groups excluding carboxylic acids is 1. The fourth-order valence-electron chi connectivity index (χ4n) is 2.73. The Hall–Kier alpha value is -2.50. The van der Waals surface area contributed by atoms with Crippen LogP contribution in [0.15, 0.2) is 39.7 Å². The van der Waals surface area contributed by atoms with Crippen LogP contribution in [-0.2, 0) is 7.05 Å². The molecule has 2 aromatic rings. The molecular weight excluding hydrogens is 296 g/mol. The van der Waals surface area contributed by atoms with E-state index < -0.39 is 0 Å². The van der Waals surface area contributed by atoms with Crippen molar-refractivity contribution in [3.8, 4) is 5.75 Å². The summed E-state index contributed by atoms with van der Waals surface area (Å²) in [5.74, 6) is 0.880. The van der Waals surface area contributed by atoms with Gasteiger partial charge in [-0.1, -0.05) is 0 Å². The third kappa shape index (κ3) is 3.31. The van der Waals surface area contributed by atoms with Crippen LogP contribution in [0.25, 0.3) is 0 Å². The Balaban J connectivity index is 1.59. The number of nitrogens with zero attached hydrogens (tertiary/aromatic N) is 2. The van der Waals surface area contributed by atoms with Crippen molar-refractivity contribution >= 4 is 5.91 Å². The first-order valence-corrected chi connectivity index (χ1v) is 7.71. The van der Waals surface area contributed by atoms with Gasteiger partial charge in [0, 0.05) is 44.7 Å². The van der Waals surface area contributed by atoms with Gasteiger partial charge in [-0.05, 0) is 25.1 Å². The maximum absolute atomic E-state index is 12.2. The third-order valence-corrected chi connectivity index (χ3v) is 4.24. The van der Waals surface area contributed by atoms with Crippen molar-refractivity contribution in [1.82, 2.24) is 9.47 Å². The molecule has 0 aromatic carbocycles. The first-order valence-electron chi connectivity index (χ1n) is 7.71. The molecule has 0 radical (unpaired) electrons. The van der Waals surface area contributed by atoms with E-state index in [4.69, 9.17) is 9.15 Å². The van der Waals surface area contributed by atoms with Gasteiger partial charge in [-0.2, -0.15) is 0 Å². The molecule has 3 heterocycles. The quantitative estimate of drug-likeness (QED) is 0.868. The van der Waals surface area contributed by atoms with Gasteiger partial charge in [0.2, 0.25) is 0 Å². The lowest BCUT2D eigenvalue weighted by atomic mass is 10.1. The molecule has 0 spiro atoms. The number of piperidine rings is 1. The Bertz CT molecular complexity index is 740. The Morgan fingerprint density at radius 2 is 2.04 bits per heavy atom. The predicted molar refractivity (Wildman–Crippen MR) is 84.7 cm³/mol. The zero-order chi connectivity index (χ0) is 16.4. The summed E-state index contributed by atoms with van der Waals surface area (Å²) < 4.78 is 12.6. The first-order chi connectivity index (χ1) is 11.0. The highest BCUT2D eigenvalue weighted by atomic mass is 16.5. The number of furan rings is 1. The second-order valence-corrected chi connectivity index (χ2v) is 5.82. The van der Waals surface area contributed by atoms with Crippen molar-refractivity contribution in [2.75, 3.05) is 13.1 Å². The van der Waals surface area contributed by atoms with Gasteiger partial charge in [0.15, 0.2) is 5.76 Å². The number of amides is 1. The Morgan fingerprint density at radius 1 is 1.30 bits per heavy atom. The van der Waals surface area contributed by atoms with Gasteiger partial charge in [0.25, 0.3) is 11.5 Å². The first kappa shape index (κ1) is 15.4. The summed E-state index contributed by atoms with van der Waals surface area (Å²) in [5, 5.41) is 0. The summed E-state index contributed by atoms with van der Waals surface area (Å²) in [6, 6.07) is 6.75. The van der Waals surface area contributed by atoms with E-state index in [1.54, 1.807) is 28.6 Å². The van der Waals surface area contributed by atoms with Crippen LogP contribution in [0.5, 0.6) is 5.75 Å².